The molecule has 0 radical (unpaired) electrons. The van der Waals surface area contributed by atoms with Gasteiger partial charge in [-0.15, -0.1) is 0 Å². The number of aryl methyl sites for hydroxylation is 1. The van der Waals surface area contributed by atoms with Gasteiger partial charge in [-0.1, -0.05) is 35.9 Å². The Bertz CT molecular complexity index is 841. The van der Waals surface area contributed by atoms with Crippen molar-refractivity contribution < 1.29 is 13.2 Å². The van der Waals surface area contributed by atoms with Crippen LogP contribution >= 0.6 is 11.6 Å². The lowest BCUT2D eigenvalue weighted by molar-refractivity contribution is 0.252. The van der Waals surface area contributed by atoms with Crippen LogP contribution in [0, 0.1) is 6.92 Å². The molecule has 0 bridgehead atoms. The number of amides is 2. The van der Waals surface area contributed by atoms with E-state index in [2.05, 4.69) is 10.6 Å². The molecule has 0 aromatic heterocycles. The van der Waals surface area contributed by atoms with Crippen molar-refractivity contribution in [3.63, 3.8) is 0 Å². The summed E-state index contributed by atoms with van der Waals surface area (Å²) < 4.78 is 25.5. The Morgan fingerprint density at radius 3 is 2.48 bits per heavy atom. The molecule has 2 N–H and O–H groups in total. The van der Waals surface area contributed by atoms with Gasteiger partial charge in [-0.3, -0.25) is 4.31 Å². The van der Waals surface area contributed by atoms with E-state index in [0.717, 1.165) is 11.8 Å². The molecular formula is C17H20ClN3O3S. The highest BCUT2D eigenvalue weighted by Gasteiger charge is 2.19. The Hall–Kier alpha value is -2.25. The maximum absolute atomic E-state index is 12.1. The molecule has 2 amide bonds. The number of hydrogen-bond acceptors (Lipinski definition) is 3. The van der Waals surface area contributed by atoms with Crippen molar-refractivity contribution >= 4 is 39.0 Å². The predicted molar refractivity (Wildman–Crippen MR) is 102 cm³/mol. The van der Waals surface area contributed by atoms with E-state index < -0.39 is 16.1 Å². The summed E-state index contributed by atoms with van der Waals surface area (Å²) in [5.74, 6) is 0. The van der Waals surface area contributed by atoms with Gasteiger partial charge < -0.3 is 10.6 Å². The highest BCUT2D eigenvalue weighted by atomic mass is 35.5. The first-order valence-corrected chi connectivity index (χ1v) is 9.84. The minimum Gasteiger partial charge on any atom is -0.336 e. The Labute approximate surface area is 152 Å². The molecule has 0 fully saturated rings. The molecule has 0 saturated carbocycles. The standard InChI is InChI=1S/C17H20ClN3O3S/c1-13-8-9-14(18)12-16(13)21(25(2,23)24)11-10-19-17(22)20-15-6-4-3-5-7-15/h3-9,12H,10-11H2,1-2H3,(H2,19,20,22). The fourth-order valence-corrected chi connectivity index (χ4v) is 3.43. The maximum Gasteiger partial charge on any atom is 0.319 e. The van der Waals surface area contributed by atoms with E-state index in [1.807, 2.05) is 18.2 Å². The van der Waals surface area contributed by atoms with Crippen LogP contribution in [-0.2, 0) is 10.0 Å². The molecule has 0 spiro atoms. The number of nitrogens with zero attached hydrogens (tertiary/aromatic N) is 1. The van der Waals surface area contributed by atoms with E-state index in [1.165, 1.54) is 4.31 Å². The molecule has 0 heterocycles. The zero-order valence-corrected chi connectivity index (χ0v) is 15.6. The quantitative estimate of drug-likeness (QED) is 0.806. The minimum atomic E-state index is -3.51. The van der Waals surface area contributed by atoms with Crippen LogP contribution in [0.4, 0.5) is 16.2 Å². The van der Waals surface area contributed by atoms with Gasteiger partial charge in [0.25, 0.3) is 0 Å². The van der Waals surface area contributed by atoms with Gasteiger partial charge in [-0.2, -0.15) is 0 Å². The molecule has 8 heteroatoms. The molecule has 2 rings (SSSR count). The lowest BCUT2D eigenvalue weighted by Crippen LogP contribution is -2.39. The van der Waals surface area contributed by atoms with Crippen LogP contribution in [-0.4, -0.2) is 33.8 Å². The number of anilines is 2. The molecule has 0 saturated heterocycles. The second-order valence-corrected chi connectivity index (χ2v) is 7.86. The van der Waals surface area contributed by atoms with Crippen molar-refractivity contribution in [1.82, 2.24) is 5.32 Å². The number of nitrogens with one attached hydrogen (secondary N) is 2. The number of halogens is 1. The summed E-state index contributed by atoms with van der Waals surface area (Å²) in [5.41, 5.74) is 1.94. The van der Waals surface area contributed by atoms with Crippen molar-refractivity contribution in [2.45, 2.75) is 6.92 Å². The number of carbonyl (C=O) groups is 1. The van der Waals surface area contributed by atoms with E-state index in [1.54, 1.807) is 37.3 Å². The third-order valence-corrected chi connectivity index (χ3v) is 4.89. The summed E-state index contributed by atoms with van der Waals surface area (Å²) in [6.45, 7) is 2.05. The van der Waals surface area contributed by atoms with Gasteiger partial charge in [-0.25, -0.2) is 13.2 Å². The van der Waals surface area contributed by atoms with E-state index in [4.69, 9.17) is 11.6 Å². The van der Waals surface area contributed by atoms with Gasteiger partial charge in [0.05, 0.1) is 18.5 Å². The van der Waals surface area contributed by atoms with E-state index in [0.29, 0.717) is 16.4 Å². The van der Waals surface area contributed by atoms with E-state index >= 15 is 0 Å². The Balaban J connectivity index is 2.02. The van der Waals surface area contributed by atoms with Gasteiger partial charge in [0.2, 0.25) is 10.0 Å². The zero-order chi connectivity index (χ0) is 18.4. The van der Waals surface area contributed by atoms with Crippen molar-refractivity contribution in [1.29, 1.82) is 0 Å². The van der Waals surface area contributed by atoms with Crippen molar-refractivity contribution in [3.8, 4) is 0 Å². The SMILES string of the molecule is Cc1ccc(Cl)cc1N(CCNC(=O)Nc1ccccc1)S(C)(=O)=O. The van der Waals surface area contributed by atoms with Crippen LogP contribution in [0.15, 0.2) is 48.5 Å². The van der Waals surface area contributed by atoms with Gasteiger partial charge in [0.1, 0.15) is 0 Å². The number of sulfonamides is 1. The molecule has 0 aliphatic carbocycles. The Morgan fingerprint density at radius 2 is 1.84 bits per heavy atom. The van der Waals surface area contributed by atoms with Gasteiger partial charge in [-0.05, 0) is 36.8 Å². The summed E-state index contributed by atoms with van der Waals surface area (Å²) in [7, 11) is -3.51. The van der Waals surface area contributed by atoms with E-state index in [-0.39, 0.29) is 13.1 Å². The molecule has 6 nitrogen and oxygen atoms in total. The largest absolute Gasteiger partial charge is 0.336 e. The van der Waals surface area contributed by atoms with Crippen LogP contribution in [0.1, 0.15) is 5.56 Å². The van der Waals surface area contributed by atoms with Crippen LogP contribution in [0.25, 0.3) is 0 Å². The topological polar surface area (TPSA) is 78.5 Å². The van der Waals surface area contributed by atoms with E-state index in [9.17, 15) is 13.2 Å². The first-order valence-electron chi connectivity index (χ1n) is 7.61. The Kier molecular flexibility index (Phi) is 6.27. The van der Waals surface area contributed by atoms with Gasteiger partial charge in [0.15, 0.2) is 0 Å². The summed E-state index contributed by atoms with van der Waals surface area (Å²) >= 11 is 5.98. The maximum atomic E-state index is 12.1. The summed E-state index contributed by atoms with van der Waals surface area (Å²) in [6.07, 6.45) is 1.12. The molecule has 0 atom stereocenters. The average molecular weight is 382 g/mol. The number of benzene rings is 2. The molecule has 0 aliphatic heterocycles. The second kappa shape index (κ2) is 8.22. The Morgan fingerprint density at radius 1 is 1.16 bits per heavy atom. The third kappa shape index (κ3) is 5.65. The minimum absolute atomic E-state index is 0.0994. The summed E-state index contributed by atoms with van der Waals surface area (Å²) in [5, 5.41) is 5.77. The smallest absolute Gasteiger partial charge is 0.319 e. The molecule has 2 aromatic rings. The van der Waals surface area contributed by atoms with Gasteiger partial charge in [0, 0.05) is 17.3 Å². The molecule has 2 aromatic carbocycles. The van der Waals surface area contributed by atoms with Crippen LogP contribution in [0.3, 0.4) is 0 Å². The fraction of sp³-hybridized carbons (Fsp3) is 0.235. The predicted octanol–water partition coefficient (Wildman–Crippen LogP) is 3.24. The first kappa shape index (κ1) is 19.1. The number of rotatable bonds is 6. The summed E-state index contributed by atoms with van der Waals surface area (Å²) in [6, 6.07) is 13.6. The average Bonchev–Trinajstić information content (AvgIpc) is 2.54. The zero-order valence-electron chi connectivity index (χ0n) is 14.0. The molecule has 134 valence electrons. The lowest BCUT2D eigenvalue weighted by Gasteiger charge is -2.24. The number of para-hydroxylation sites is 1. The molecule has 25 heavy (non-hydrogen) atoms. The van der Waals surface area contributed by atoms with Crippen molar-refractivity contribution in [2.75, 3.05) is 29.0 Å². The van der Waals surface area contributed by atoms with Crippen molar-refractivity contribution in [2.24, 2.45) is 0 Å². The summed E-state index contributed by atoms with van der Waals surface area (Å²) in [4.78, 5) is 11.9. The fourth-order valence-electron chi connectivity index (χ4n) is 2.28. The van der Waals surface area contributed by atoms with Crippen LogP contribution < -0.4 is 14.9 Å². The van der Waals surface area contributed by atoms with Crippen molar-refractivity contribution in [3.05, 3.63) is 59.1 Å². The lowest BCUT2D eigenvalue weighted by atomic mass is 10.2. The normalized spacial score (nSPS) is 11.0. The van der Waals surface area contributed by atoms with Crippen LogP contribution in [0.2, 0.25) is 5.02 Å². The number of carbonyl (C=O) groups excluding carboxylic acids is 1. The third-order valence-electron chi connectivity index (χ3n) is 3.47. The monoisotopic (exact) mass is 381 g/mol. The van der Waals surface area contributed by atoms with Crippen LogP contribution in [0.5, 0.6) is 0 Å². The highest BCUT2D eigenvalue weighted by Crippen LogP contribution is 2.25. The highest BCUT2D eigenvalue weighted by molar-refractivity contribution is 7.92. The van der Waals surface area contributed by atoms with Gasteiger partial charge >= 0.3 is 6.03 Å². The molecule has 0 aliphatic rings. The number of urea groups is 1. The first-order chi connectivity index (χ1) is 11.8. The number of hydrogen-bond donors (Lipinski definition) is 2. The molecular weight excluding hydrogens is 362 g/mol. The molecule has 0 unspecified atom stereocenters. The second-order valence-electron chi connectivity index (χ2n) is 5.51.